The van der Waals surface area contributed by atoms with Gasteiger partial charge in [-0.1, -0.05) is 27.7 Å². The molecule has 2 N–H and O–H groups in total. The molecule has 0 saturated heterocycles. The molecule has 17 heavy (non-hydrogen) atoms. The van der Waals surface area contributed by atoms with Gasteiger partial charge in [-0.15, -0.1) is 0 Å². The van der Waals surface area contributed by atoms with Crippen LogP contribution in [0.25, 0.3) is 0 Å². The average Bonchev–Trinajstić information content (AvgIpc) is 2.24. The van der Waals surface area contributed by atoms with Crippen LogP contribution in [0.4, 0.5) is 5.95 Å². The van der Waals surface area contributed by atoms with Crippen LogP contribution in [-0.2, 0) is 0 Å². The fourth-order valence-corrected chi connectivity index (χ4v) is 1.54. The first-order valence-electron chi connectivity index (χ1n) is 6.17. The van der Waals surface area contributed by atoms with E-state index < -0.39 is 0 Å². The highest BCUT2D eigenvalue weighted by molar-refractivity contribution is 5.30. The van der Waals surface area contributed by atoms with Gasteiger partial charge in [-0.2, -0.15) is 0 Å². The number of aromatic nitrogens is 2. The lowest BCUT2D eigenvalue weighted by atomic mass is 10.1. The predicted molar refractivity (Wildman–Crippen MR) is 70.2 cm³/mol. The molecule has 0 aliphatic carbocycles. The first-order valence-corrected chi connectivity index (χ1v) is 6.17. The maximum atomic E-state index is 9.29. The maximum Gasteiger partial charge on any atom is 0.223 e. The van der Waals surface area contributed by atoms with Crippen molar-refractivity contribution in [2.45, 2.75) is 46.6 Å². The molecule has 0 bridgehead atoms. The van der Waals surface area contributed by atoms with Gasteiger partial charge in [-0.3, -0.25) is 0 Å². The highest BCUT2D eigenvalue weighted by atomic mass is 16.3. The lowest BCUT2D eigenvalue weighted by Gasteiger charge is -2.20. The molecule has 1 aromatic rings. The molecule has 96 valence electrons. The van der Waals surface area contributed by atoms with Gasteiger partial charge in [0.2, 0.25) is 5.95 Å². The van der Waals surface area contributed by atoms with E-state index in [2.05, 4.69) is 43.0 Å². The quantitative estimate of drug-likeness (QED) is 0.825. The summed E-state index contributed by atoms with van der Waals surface area (Å²) >= 11 is 0. The summed E-state index contributed by atoms with van der Waals surface area (Å²) in [5.74, 6) is 1.33. The van der Waals surface area contributed by atoms with Gasteiger partial charge in [0.15, 0.2) is 0 Å². The van der Waals surface area contributed by atoms with Gasteiger partial charge in [0.1, 0.15) is 0 Å². The van der Waals surface area contributed by atoms with Crippen LogP contribution in [-0.4, -0.2) is 27.7 Å². The fourth-order valence-electron chi connectivity index (χ4n) is 1.54. The van der Waals surface area contributed by atoms with Gasteiger partial charge >= 0.3 is 0 Å². The van der Waals surface area contributed by atoms with Crippen LogP contribution in [0, 0.1) is 12.8 Å². The number of hydrogen-bond acceptors (Lipinski definition) is 4. The van der Waals surface area contributed by atoms with Crippen molar-refractivity contribution in [3.63, 3.8) is 0 Å². The summed E-state index contributed by atoms with van der Waals surface area (Å²) in [6, 6.07) is 2.00. The van der Waals surface area contributed by atoms with E-state index in [4.69, 9.17) is 0 Å². The number of anilines is 1. The number of aryl methyl sites for hydroxylation is 1. The molecule has 0 aliphatic rings. The normalized spacial score (nSPS) is 13.2. The zero-order chi connectivity index (χ0) is 13.0. The van der Waals surface area contributed by atoms with E-state index in [-0.39, 0.29) is 12.6 Å². The highest BCUT2D eigenvalue weighted by Crippen LogP contribution is 2.16. The van der Waals surface area contributed by atoms with Crippen LogP contribution in [0.5, 0.6) is 0 Å². The Morgan fingerprint density at radius 2 is 1.88 bits per heavy atom. The second-order valence-corrected chi connectivity index (χ2v) is 5.09. The molecule has 1 aromatic heterocycles. The van der Waals surface area contributed by atoms with Gasteiger partial charge < -0.3 is 10.4 Å². The van der Waals surface area contributed by atoms with E-state index >= 15 is 0 Å². The molecule has 1 unspecified atom stereocenters. The van der Waals surface area contributed by atoms with Gasteiger partial charge in [0, 0.05) is 11.4 Å². The summed E-state index contributed by atoms with van der Waals surface area (Å²) in [4.78, 5) is 8.82. The highest BCUT2D eigenvalue weighted by Gasteiger charge is 2.14. The monoisotopic (exact) mass is 237 g/mol. The predicted octanol–water partition coefficient (Wildman–Crippen LogP) is 2.34. The molecule has 1 atom stereocenters. The van der Waals surface area contributed by atoms with E-state index in [1.165, 1.54) is 0 Å². The minimum absolute atomic E-state index is 0.00295. The number of aliphatic hydroxyl groups excluding tert-OH is 1. The first-order chi connectivity index (χ1) is 7.93. The van der Waals surface area contributed by atoms with Crippen LogP contribution < -0.4 is 5.32 Å². The summed E-state index contributed by atoms with van der Waals surface area (Å²) in [6.45, 7) is 10.4. The topological polar surface area (TPSA) is 58.0 Å². The van der Waals surface area contributed by atoms with Crippen molar-refractivity contribution in [1.29, 1.82) is 0 Å². The second-order valence-electron chi connectivity index (χ2n) is 5.09. The molecular weight excluding hydrogens is 214 g/mol. The van der Waals surface area contributed by atoms with Crippen LogP contribution >= 0.6 is 0 Å². The Balaban J connectivity index is 2.90. The van der Waals surface area contributed by atoms with Gasteiger partial charge in [-0.25, -0.2) is 9.97 Å². The third kappa shape index (κ3) is 3.97. The smallest absolute Gasteiger partial charge is 0.223 e. The average molecular weight is 237 g/mol. The number of nitrogens with zero attached hydrogens (tertiary/aromatic N) is 2. The molecule has 0 fully saturated rings. The molecule has 0 spiro atoms. The molecule has 0 amide bonds. The van der Waals surface area contributed by atoms with Crippen molar-refractivity contribution in [2.24, 2.45) is 5.92 Å². The van der Waals surface area contributed by atoms with Gasteiger partial charge in [0.05, 0.1) is 12.6 Å². The van der Waals surface area contributed by atoms with Gasteiger partial charge in [-0.05, 0) is 24.8 Å². The largest absolute Gasteiger partial charge is 0.394 e. The Morgan fingerprint density at radius 1 is 1.24 bits per heavy atom. The third-order valence-corrected chi connectivity index (χ3v) is 2.78. The standard InChI is InChI=1S/C13H23N3O/c1-8(2)11-6-10(5)14-13(15-11)16-12(7-17)9(3)4/h6,8-9,12,17H,7H2,1-5H3,(H,14,15,16). The van der Waals surface area contributed by atoms with Crippen LogP contribution in [0.15, 0.2) is 6.07 Å². The van der Waals surface area contributed by atoms with E-state index in [9.17, 15) is 5.11 Å². The molecule has 0 saturated carbocycles. The number of nitrogens with one attached hydrogen (secondary N) is 1. The Bertz CT molecular complexity index is 364. The van der Waals surface area contributed by atoms with Crippen LogP contribution in [0.2, 0.25) is 0 Å². The van der Waals surface area contributed by atoms with Crippen molar-refractivity contribution in [3.8, 4) is 0 Å². The lowest BCUT2D eigenvalue weighted by molar-refractivity contribution is 0.248. The van der Waals surface area contributed by atoms with Crippen molar-refractivity contribution < 1.29 is 5.11 Å². The fraction of sp³-hybridized carbons (Fsp3) is 0.692. The number of rotatable bonds is 5. The number of aliphatic hydroxyl groups is 1. The van der Waals surface area contributed by atoms with Crippen molar-refractivity contribution in [2.75, 3.05) is 11.9 Å². The van der Waals surface area contributed by atoms with Crippen LogP contribution in [0.1, 0.15) is 45.0 Å². The molecule has 4 nitrogen and oxygen atoms in total. The van der Waals surface area contributed by atoms with Gasteiger partial charge in [0.25, 0.3) is 0 Å². The first kappa shape index (κ1) is 13.9. The summed E-state index contributed by atoms with van der Waals surface area (Å²) < 4.78 is 0. The zero-order valence-electron chi connectivity index (χ0n) is 11.4. The molecule has 1 rings (SSSR count). The molecule has 4 heteroatoms. The van der Waals surface area contributed by atoms with Crippen molar-refractivity contribution in [3.05, 3.63) is 17.5 Å². The Labute approximate surface area is 103 Å². The Kier molecular flexibility index (Phi) is 4.87. The summed E-state index contributed by atoms with van der Waals surface area (Å²) in [6.07, 6.45) is 0. The summed E-state index contributed by atoms with van der Waals surface area (Å²) in [7, 11) is 0. The molecule has 0 aromatic carbocycles. The van der Waals surface area contributed by atoms with E-state index in [0.29, 0.717) is 17.8 Å². The van der Waals surface area contributed by atoms with E-state index in [1.807, 2.05) is 13.0 Å². The van der Waals surface area contributed by atoms with Crippen molar-refractivity contribution >= 4 is 5.95 Å². The summed E-state index contributed by atoms with van der Waals surface area (Å²) in [5, 5.41) is 12.5. The Morgan fingerprint density at radius 3 is 2.35 bits per heavy atom. The SMILES string of the molecule is Cc1cc(C(C)C)nc(NC(CO)C(C)C)n1. The molecule has 0 aliphatic heterocycles. The lowest BCUT2D eigenvalue weighted by Crippen LogP contribution is -2.30. The van der Waals surface area contributed by atoms with Crippen molar-refractivity contribution in [1.82, 2.24) is 9.97 Å². The zero-order valence-corrected chi connectivity index (χ0v) is 11.4. The van der Waals surface area contributed by atoms with E-state index in [0.717, 1.165) is 11.4 Å². The minimum Gasteiger partial charge on any atom is -0.394 e. The van der Waals surface area contributed by atoms with E-state index in [1.54, 1.807) is 0 Å². The Hall–Kier alpha value is -1.16. The minimum atomic E-state index is -0.00295. The molecule has 1 heterocycles. The second kappa shape index (κ2) is 5.96. The number of hydrogen-bond donors (Lipinski definition) is 2. The third-order valence-electron chi connectivity index (χ3n) is 2.78. The molecule has 0 radical (unpaired) electrons. The van der Waals surface area contributed by atoms with Crippen LogP contribution in [0.3, 0.4) is 0 Å². The molecular formula is C13H23N3O. The summed E-state index contributed by atoms with van der Waals surface area (Å²) in [5.41, 5.74) is 1.98. The maximum absolute atomic E-state index is 9.29.